The lowest BCUT2D eigenvalue weighted by Gasteiger charge is -2.29. The van der Waals surface area contributed by atoms with Crippen LogP contribution in [0.4, 0.5) is 17.1 Å². The molecule has 1 aliphatic carbocycles. The number of hydrogen-bond acceptors (Lipinski definition) is 5. The van der Waals surface area contributed by atoms with Crippen molar-refractivity contribution in [1.29, 1.82) is 0 Å². The predicted octanol–water partition coefficient (Wildman–Crippen LogP) is 17.0. The lowest BCUT2D eigenvalue weighted by atomic mass is 9.82. The van der Waals surface area contributed by atoms with Gasteiger partial charge in [0.25, 0.3) is 0 Å². The Morgan fingerprint density at radius 1 is 0.388 bits per heavy atom. The first-order chi connectivity index (χ1) is 33.0. The van der Waals surface area contributed by atoms with Gasteiger partial charge in [0.2, 0.25) is 0 Å². The standard InChI is InChI=1S/C62H42N4S/c1-62(2)52-23-12-11-21-48(52)58-53(62)24-14-25-54(58)66(46-35-31-41-28-27-40-15-9-10-20-47(40)50(41)38-46)45-33-29-39(30-34-45)44-32-36-55-51(37-44)57-49(22-13-26-56(57)67-55)61-64-59(42-16-5-3-6-17-42)63-60(65-61)43-18-7-4-8-19-43/h3-38H,1-2H3. The van der Waals surface area contributed by atoms with Gasteiger partial charge in [0.05, 0.1) is 5.69 Å². The number of aromatic nitrogens is 3. The molecule has 0 bridgehead atoms. The summed E-state index contributed by atoms with van der Waals surface area (Å²) in [7, 11) is 0. The van der Waals surface area contributed by atoms with E-state index < -0.39 is 0 Å². The van der Waals surface area contributed by atoms with Crippen LogP contribution in [0.3, 0.4) is 0 Å². The van der Waals surface area contributed by atoms with Crippen LogP contribution >= 0.6 is 11.3 Å². The van der Waals surface area contributed by atoms with E-state index in [2.05, 4.69) is 201 Å². The average Bonchev–Trinajstić information content (AvgIpc) is 3.88. The molecule has 0 radical (unpaired) electrons. The fraction of sp³-hybridized carbons (Fsp3) is 0.0484. The van der Waals surface area contributed by atoms with Gasteiger partial charge < -0.3 is 4.90 Å². The summed E-state index contributed by atoms with van der Waals surface area (Å²) in [6, 6.07) is 78.7. The molecular formula is C62H42N4S. The van der Waals surface area contributed by atoms with Gasteiger partial charge in [0.1, 0.15) is 0 Å². The first-order valence-electron chi connectivity index (χ1n) is 22.8. The normalized spacial score (nSPS) is 12.7. The molecule has 4 nitrogen and oxygen atoms in total. The first kappa shape index (κ1) is 39.1. The quantitative estimate of drug-likeness (QED) is 0.150. The van der Waals surface area contributed by atoms with Crippen LogP contribution in [-0.2, 0) is 5.41 Å². The molecule has 67 heavy (non-hydrogen) atoms. The molecule has 0 saturated carbocycles. The van der Waals surface area contributed by atoms with E-state index in [1.807, 2.05) is 36.4 Å². The summed E-state index contributed by atoms with van der Waals surface area (Å²) in [6.45, 7) is 4.71. The lowest BCUT2D eigenvalue weighted by molar-refractivity contribution is 0.660. The van der Waals surface area contributed by atoms with Gasteiger partial charge in [-0.2, -0.15) is 0 Å². The Morgan fingerprint density at radius 3 is 1.76 bits per heavy atom. The highest BCUT2D eigenvalue weighted by atomic mass is 32.1. The number of nitrogens with zero attached hydrogens (tertiary/aromatic N) is 4. The van der Waals surface area contributed by atoms with Crippen molar-refractivity contribution in [2.75, 3.05) is 4.90 Å². The second-order valence-electron chi connectivity index (χ2n) is 18.0. The van der Waals surface area contributed by atoms with Crippen molar-refractivity contribution < 1.29 is 0 Å². The minimum absolute atomic E-state index is 0.126. The van der Waals surface area contributed by atoms with Crippen LogP contribution < -0.4 is 4.90 Å². The molecule has 0 aliphatic heterocycles. The van der Waals surface area contributed by atoms with E-state index in [-0.39, 0.29) is 5.41 Å². The molecule has 1 aliphatic rings. The van der Waals surface area contributed by atoms with Gasteiger partial charge in [-0.15, -0.1) is 11.3 Å². The van der Waals surface area contributed by atoms with Crippen molar-refractivity contribution in [2.45, 2.75) is 19.3 Å². The maximum atomic E-state index is 5.14. The Morgan fingerprint density at radius 2 is 0.985 bits per heavy atom. The van der Waals surface area contributed by atoms with Crippen LogP contribution in [0.25, 0.3) is 98.1 Å². The molecule has 10 aromatic carbocycles. The smallest absolute Gasteiger partial charge is 0.164 e. The molecule has 2 heterocycles. The molecule has 0 spiro atoms. The van der Waals surface area contributed by atoms with E-state index in [0.717, 1.165) is 44.6 Å². The van der Waals surface area contributed by atoms with E-state index >= 15 is 0 Å². The minimum atomic E-state index is -0.126. The molecule has 5 heteroatoms. The topological polar surface area (TPSA) is 41.9 Å². The average molecular weight is 875 g/mol. The molecule has 0 saturated heterocycles. The van der Waals surface area contributed by atoms with Crippen LogP contribution in [0.1, 0.15) is 25.0 Å². The summed E-state index contributed by atoms with van der Waals surface area (Å²) >= 11 is 1.81. The lowest BCUT2D eigenvalue weighted by Crippen LogP contribution is -2.16. The van der Waals surface area contributed by atoms with E-state index in [1.165, 1.54) is 64.3 Å². The number of hydrogen-bond donors (Lipinski definition) is 0. The molecule has 0 N–H and O–H groups in total. The second kappa shape index (κ2) is 15.4. The van der Waals surface area contributed by atoms with E-state index in [4.69, 9.17) is 15.0 Å². The maximum Gasteiger partial charge on any atom is 0.164 e. The predicted molar refractivity (Wildman–Crippen MR) is 282 cm³/mol. The van der Waals surface area contributed by atoms with Crippen molar-refractivity contribution in [3.05, 3.63) is 230 Å². The largest absolute Gasteiger partial charge is 0.310 e. The highest BCUT2D eigenvalue weighted by molar-refractivity contribution is 7.26. The number of benzene rings is 10. The molecule has 0 atom stereocenters. The summed E-state index contributed by atoms with van der Waals surface area (Å²) in [6.07, 6.45) is 0. The van der Waals surface area contributed by atoms with Crippen LogP contribution in [-0.4, -0.2) is 15.0 Å². The monoisotopic (exact) mass is 874 g/mol. The summed E-state index contributed by atoms with van der Waals surface area (Å²) in [5, 5.41) is 7.30. The maximum absolute atomic E-state index is 5.14. The molecule has 2 aromatic heterocycles. The zero-order valence-corrected chi connectivity index (χ0v) is 37.8. The van der Waals surface area contributed by atoms with Crippen LogP contribution in [0.5, 0.6) is 0 Å². The fourth-order valence-corrected chi connectivity index (χ4v) is 11.5. The van der Waals surface area contributed by atoms with Crippen molar-refractivity contribution >= 4 is 70.1 Å². The zero-order chi connectivity index (χ0) is 44.6. The van der Waals surface area contributed by atoms with Crippen LogP contribution in [0.15, 0.2) is 218 Å². The molecule has 13 rings (SSSR count). The van der Waals surface area contributed by atoms with E-state index in [0.29, 0.717) is 17.5 Å². The number of fused-ring (bicyclic) bond motifs is 9. The SMILES string of the molecule is CC1(C)c2ccccc2-c2c(N(c3ccc(-c4ccc5sc6cccc(-c7nc(-c8ccccc8)nc(-c8ccccc8)n7)c6c5c4)cc3)c3ccc4ccc5ccccc5c4c3)cccc21. The highest BCUT2D eigenvalue weighted by Gasteiger charge is 2.37. The van der Waals surface area contributed by atoms with Gasteiger partial charge in [0, 0.05) is 59.2 Å². The van der Waals surface area contributed by atoms with E-state index in [9.17, 15) is 0 Å². The van der Waals surface area contributed by atoms with Gasteiger partial charge in [-0.05, 0) is 97.9 Å². The third-order valence-corrected chi connectivity index (χ3v) is 14.8. The number of rotatable bonds is 7. The Hall–Kier alpha value is -8.25. The van der Waals surface area contributed by atoms with Crippen molar-refractivity contribution in [3.63, 3.8) is 0 Å². The van der Waals surface area contributed by atoms with Gasteiger partial charge in [0.15, 0.2) is 17.5 Å². The van der Waals surface area contributed by atoms with Crippen LogP contribution in [0.2, 0.25) is 0 Å². The second-order valence-corrected chi connectivity index (χ2v) is 19.1. The highest BCUT2D eigenvalue weighted by Crippen LogP contribution is 2.54. The van der Waals surface area contributed by atoms with Crippen molar-refractivity contribution in [1.82, 2.24) is 15.0 Å². The molecule has 12 aromatic rings. The van der Waals surface area contributed by atoms with Gasteiger partial charge in [-0.25, -0.2) is 15.0 Å². The summed E-state index contributed by atoms with van der Waals surface area (Å²) in [5.74, 6) is 1.97. The molecular weight excluding hydrogens is 833 g/mol. The third kappa shape index (κ3) is 6.46. The minimum Gasteiger partial charge on any atom is -0.310 e. The number of thiophene rings is 1. The summed E-state index contributed by atoms with van der Waals surface area (Å²) in [5.41, 5.74) is 13.8. The fourth-order valence-electron chi connectivity index (χ4n) is 10.4. The molecule has 0 unspecified atom stereocenters. The Balaban J connectivity index is 0.952. The molecule has 0 fully saturated rings. The Labute approximate surface area is 393 Å². The Bertz CT molecular complexity index is 3840. The van der Waals surface area contributed by atoms with Gasteiger partial charge in [-0.3, -0.25) is 0 Å². The van der Waals surface area contributed by atoms with Crippen molar-refractivity contribution in [3.8, 4) is 56.4 Å². The van der Waals surface area contributed by atoms with Gasteiger partial charge in [-0.1, -0.05) is 184 Å². The molecule has 0 amide bonds. The Kier molecular flexibility index (Phi) is 9.02. The summed E-state index contributed by atoms with van der Waals surface area (Å²) in [4.78, 5) is 17.7. The van der Waals surface area contributed by atoms with Crippen LogP contribution in [0, 0.1) is 0 Å². The van der Waals surface area contributed by atoms with Gasteiger partial charge >= 0.3 is 0 Å². The number of anilines is 3. The third-order valence-electron chi connectivity index (χ3n) is 13.7. The molecule has 316 valence electrons. The first-order valence-corrected chi connectivity index (χ1v) is 23.7. The van der Waals surface area contributed by atoms with E-state index in [1.54, 1.807) is 11.3 Å². The summed E-state index contributed by atoms with van der Waals surface area (Å²) < 4.78 is 2.42. The van der Waals surface area contributed by atoms with Crippen molar-refractivity contribution in [2.24, 2.45) is 0 Å². The zero-order valence-electron chi connectivity index (χ0n) is 37.0.